The second kappa shape index (κ2) is 9.05. The molecule has 0 saturated carbocycles. The number of anilines is 1. The van der Waals surface area contributed by atoms with Crippen LogP contribution in [0.4, 0.5) is 5.69 Å². The van der Waals surface area contributed by atoms with Gasteiger partial charge in [0.2, 0.25) is 15.9 Å². The van der Waals surface area contributed by atoms with Crippen LogP contribution in [0.1, 0.15) is 17.5 Å². The largest absolute Gasteiger partial charge is 0.354 e. The highest BCUT2D eigenvalue weighted by Crippen LogP contribution is 2.27. The lowest BCUT2D eigenvalue weighted by Gasteiger charge is -2.24. The first-order chi connectivity index (χ1) is 12.3. The molecule has 1 N–H and O–H groups in total. The number of nitrogens with one attached hydrogen (secondary N) is 1. The van der Waals surface area contributed by atoms with Crippen molar-refractivity contribution in [3.63, 3.8) is 0 Å². The summed E-state index contributed by atoms with van der Waals surface area (Å²) in [5.74, 6) is -0.106. The molecule has 7 heteroatoms. The molecule has 0 heterocycles. The number of amides is 1. The zero-order chi connectivity index (χ0) is 19.2. The second-order valence-corrected chi connectivity index (χ2v) is 8.37. The van der Waals surface area contributed by atoms with E-state index in [1.165, 1.54) is 4.31 Å². The third-order valence-electron chi connectivity index (χ3n) is 4.03. The highest BCUT2D eigenvalue weighted by atomic mass is 35.5. The predicted octanol–water partition coefficient (Wildman–Crippen LogP) is 3.16. The average molecular weight is 395 g/mol. The van der Waals surface area contributed by atoms with E-state index in [9.17, 15) is 13.2 Å². The third kappa shape index (κ3) is 5.75. The lowest BCUT2D eigenvalue weighted by atomic mass is 10.1. The molecule has 0 aliphatic carbocycles. The number of benzene rings is 2. The summed E-state index contributed by atoms with van der Waals surface area (Å²) in [5, 5.41) is 3.28. The fourth-order valence-corrected chi connectivity index (χ4v) is 3.77. The minimum absolute atomic E-state index is 0.106. The van der Waals surface area contributed by atoms with Crippen LogP contribution < -0.4 is 9.62 Å². The van der Waals surface area contributed by atoms with Crippen LogP contribution in [0.15, 0.2) is 48.5 Å². The first-order valence-electron chi connectivity index (χ1n) is 8.32. The van der Waals surface area contributed by atoms with Gasteiger partial charge in [0.1, 0.15) is 0 Å². The van der Waals surface area contributed by atoms with Gasteiger partial charge < -0.3 is 5.32 Å². The molecule has 0 spiro atoms. The second-order valence-electron chi connectivity index (χ2n) is 6.05. The number of hydrogen-bond donors (Lipinski definition) is 1. The Bertz CT molecular complexity index is 854. The molecule has 0 saturated heterocycles. The van der Waals surface area contributed by atoms with Crippen molar-refractivity contribution < 1.29 is 13.2 Å². The number of carbonyl (C=O) groups excluding carboxylic acids is 1. The normalized spacial score (nSPS) is 11.2. The van der Waals surface area contributed by atoms with Crippen LogP contribution in [-0.2, 0) is 21.2 Å². The molecule has 2 aromatic carbocycles. The first-order valence-corrected chi connectivity index (χ1v) is 10.5. The quantitative estimate of drug-likeness (QED) is 0.747. The highest BCUT2D eigenvalue weighted by Gasteiger charge is 2.20. The van der Waals surface area contributed by atoms with Crippen molar-refractivity contribution >= 4 is 33.2 Å². The summed E-state index contributed by atoms with van der Waals surface area (Å²) < 4.78 is 25.6. The highest BCUT2D eigenvalue weighted by molar-refractivity contribution is 7.92. The van der Waals surface area contributed by atoms with E-state index in [-0.39, 0.29) is 19.0 Å². The number of hydrogen-bond acceptors (Lipinski definition) is 3. The van der Waals surface area contributed by atoms with Gasteiger partial charge in [-0.3, -0.25) is 9.10 Å². The zero-order valence-corrected chi connectivity index (χ0v) is 16.5. The van der Waals surface area contributed by atoms with Gasteiger partial charge in [0.25, 0.3) is 0 Å². The molecule has 0 bridgehead atoms. The predicted molar refractivity (Wildman–Crippen MR) is 106 cm³/mol. The number of rotatable bonds is 8. The summed E-state index contributed by atoms with van der Waals surface area (Å²) in [7, 11) is -3.49. The summed E-state index contributed by atoms with van der Waals surface area (Å²) in [5.41, 5.74) is 2.31. The van der Waals surface area contributed by atoms with Gasteiger partial charge in [0.15, 0.2) is 0 Å². The molecule has 140 valence electrons. The van der Waals surface area contributed by atoms with Crippen molar-refractivity contribution in [1.29, 1.82) is 0 Å². The summed E-state index contributed by atoms with van der Waals surface area (Å²) in [6, 6.07) is 14.9. The zero-order valence-electron chi connectivity index (χ0n) is 14.9. The van der Waals surface area contributed by atoms with Gasteiger partial charge >= 0.3 is 0 Å². The van der Waals surface area contributed by atoms with Crippen LogP contribution in [0.25, 0.3) is 0 Å². The molecule has 0 unspecified atom stereocenters. The van der Waals surface area contributed by atoms with E-state index in [1.54, 1.807) is 25.1 Å². The monoisotopic (exact) mass is 394 g/mol. The molecular weight excluding hydrogens is 372 g/mol. The van der Waals surface area contributed by atoms with Crippen molar-refractivity contribution in [2.75, 3.05) is 23.7 Å². The van der Waals surface area contributed by atoms with Crippen molar-refractivity contribution in [3.05, 3.63) is 64.7 Å². The van der Waals surface area contributed by atoms with Gasteiger partial charge in [0, 0.05) is 18.0 Å². The van der Waals surface area contributed by atoms with Crippen molar-refractivity contribution in [2.45, 2.75) is 19.8 Å². The van der Waals surface area contributed by atoms with Crippen LogP contribution in [0.2, 0.25) is 5.02 Å². The Balaban J connectivity index is 1.94. The number of halogens is 1. The summed E-state index contributed by atoms with van der Waals surface area (Å²) in [6.45, 7) is 2.15. The van der Waals surface area contributed by atoms with E-state index in [0.717, 1.165) is 11.8 Å². The third-order valence-corrected chi connectivity index (χ3v) is 5.62. The molecule has 2 rings (SSSR count). The Kier molecular flexibility index (Phi) is 7.06. The lowest BCUT2D eigenvalue weighted by Crippen LogP contribution is -2.38. The van der Waals surface area contributed by atoms with Gasteiger partial charge in [0.05, 0.1) is 18.5 Å². The Morgan fingerprint density at radius 3 is 2.46 bits per heavy atom. The van der Waals surface area contributed by atoms with Gasteiger partial charge in [-0.1, -0.05) is 48.0 Å². The summed E-state index contributed by atoms with van der Waals surface area (Å²) in [6.07, 6.45) is 2.15. The molecule has 2 aromatic rings. The molecule has 0 aliphatic rings. The molecular formula is C19H23ClN2O3S. The van der Waals surface area contributed by atoms with Crippen molar-refractivity contribution in [1.82, 2.24) is 5.32 Å². The molecule has 0 fully saturated rings. The Morgan fingerprint density at radius 1 is 1.12 bits per heavy atom. The minimum atomic E-state index is -3.49. The van der Waals surface area contributed by atoms with Crippen molar-refractivity contribution in [3.8, 4) is 0 Å². The smallest absolute Gasteiger partial charge is 0.232 e. The standard InChI is InChI=1S/C19H23ClN2O3S/c1-15-17(20)9-6-10-18(15)22(26(2,24)25)14-13-21-19(23)12-11-16-7-4-3-5-8-16/h3-10H,11-14H2,1-2H3,(H,21,23). The molecule has 5 nitrogen and oxygen atoms in total. The van der Waals surface area contributed by atoms with Crippen LogP contribution >= 0.6 is 11.6 Å². The number of sulfonamides is 1. The van der Waals surface area contributed by atoms with E-state index in [0.29, 0.717) is 29.1 Å². The first kappa shape index (κ1) is 20.3. The molecule has 26 heavy (non-hydrogen) atoms. The van der Waals surface area contributed by atoms with Crippen LogP contribution in [0, 0.1) is 6.92 Å². The fourth-order valence-electron chi connectivity index (χ4n) is 2.62. The Morgan fingerprint density at radius 2 is 1.81 bits per heavy atom. The van der Waals surface area contributed by atoms with Gasteiger partial charge in [-0.05, 0) is 36.6 Å². The molecule has 0 radical (unpaired) electrons. The number of aryl methyl sites for hydroxylation is 1. The van der Waals surface area contributed by atoms with E-state index < -0.39 is 10.0 Å². The lowest BCUT2D eigenvalue weighted by molar-refractivity contribution is -0.120. The number of carbonyl (C=O) groups is 1. The van der Waals surface area contributed by atoms with Crippen LogP contribution in [0.3, 0.4) is 0 Å². The minimum Gasteiger partial charge on any atom is -0.354 e. The van der Waals surface area contributed by atoms with E-state index in [4.69, 9.17) is 11.6 Å². The molecule has 0 aromatic heterocycles. The van der Waals surface area contributed by atoms with E-state index in [2.05, 4.69) is 5.32 Å². The maximum absolute atomic E-state index is 12.2. The Labute approximate surface area is 160 Å². The Hall–Kier alpha value is -2.05. The average Bonchev–Trinajstić information content (AvgIpc) is 2.60. The van der Waals surface area contributed by atoms with Crippen LogP contribution in [-0.4, -0.2) is 33.7 Å². The number of nitrogens with zero attached hydrogens (tertiary/aromatic N) is 1. The maximum Gasteiger partial charge on any atom is 0.232 e. The summed E-state index contributed by atoms with van der Waals surface area (Å²) in [4.78, 5) is 12.0. The summed E-state index contributed by atoms with van der Waals surface area (Å²) >= 11 is 6.10. The fraction of sp³-hybridized carbons (Fsp3) is 0.316. The molecule has 0 atom stereocenters. The molecule has 0 aliphatic heterocycles. The molecule has 1 amide bonds. The van der Waals surface area contributed by atoms with Gasteiger partial charge in [-0.2, -0.15) is 0 Å². The topological polar surface area (TPSA) is 66.5 Å². The van der Waals surface area contributed by atoms with Crippen LogP contribution in [0.5, 0.6) is 0 Å². The SMILES string of the molecule is Cc1c(Cl)cccc1N(CCNC(=O)CCc1ccccc1)S(C)(=O)=O. The van der Waals surface area contributed by atoms with Crippen molar-refractivity contribution in [2.24, 2.45) is 0 Å². The maximum atomic E-state index is 12.2. The van der Waals surface area contributed by atoms with Gasteiger partial charge in [-0.25, -0.2) is 8.42 Å². The van der Waals surface area contributed by atoms with E-state index in [1.807, 2.05) is 30.3 Å². The van der Waals surface area contributed by atoms with E-state index >= 15 is 0 Å². The van der Waals surface area contributed by atoms with Gasteiger partial charge in [-0.15, -0.1) is 0 Å².